The van der Waals surface area contributed by atoms with E-state index in [0.717, 1.165) is 22.6 Å². The first kappa shape index (κ1) is 20.6. The van der Waals surface area contributed by atoms with Crippen molar-refractivity contribution in [1.29, 1.82) is 0 Å². The predicted octanol–water partition coefficient (Wildman–Crippen LogP) is 4.41. The monoisotopic (exact) mass is 394 g/mol. The van der Waals surface area contributed by atoms with Gasteiger partial charge >= 0.3 is 6.03 Å². The van der Waals surface area contributed by atoms with E-state index in [0.29, 0.717) is 18.7 Å². The molecule has 2 aromatic carbocycles. The van der Waals surface area contributed by atoms with E-state index in [-0.39, 0.29) is 11.8 Å². The first-order chi connectivity index (χ1) is 13.8. The second-order valence-electron chi connectivity index (χ2n) is 7.80. The van der Waals surface area contributed by atoms with Crippen molar-refractivity contribution in [3.63, 3.8) is 0 Å². The molecule has 0 radical (unpaired) electrons. The minimum Gasteiger partial charge on any atom is -0.337 e. The van der Waals surface area contributed by atoms with Gasteiger partial charge in [0.05, 0.1) is 11.4 Å². The van der Waals surface area contributed by atoms with Gasteiger partial charge in [-0.05, 0) is 37.6 Å². The number of para-hydroxylation sites is 1. The second kappa shape index (κ2) is 8.47. The smallest absolute Gasteiger partial charge is 0.315 e. The summed E-state index contributed by atoms with van der Waals surface area (Å²) in [5, 5.41) is 10.3. The Kier molecular flexibility index (Phi) is 6.01. The highest BCUT2D eigenvalue weighted by atomic mass is 19.1. The molecule has 0 saturated heterocycles. The van der Waals surface area contributed by atoms with E-state index >= 15 is 0 Å². The summed E-state index contributed by atoms with van der Waals surface area (Å²) in [6, 6.07) is 16.2. The molecule has 1 heterocycles. The summed E-state index contributed by atoms with van der Waals surface area (Å²) in [5.41, 5.74) is 3.88. The van der Waals surface area contributed by atoms with Crippen LogP contribution < -0.4 is 10.6 Å². The average Bonchev–Trinajstić information content (AvgIpc) is 2.99. The molecule has 0 spiro atoms. The fraction of sp³-hybridized carbons (Fsp3) is 0.304. The summed E-state index contributed by atoms with van der Waals surface area (Å²) >= 11 is 0. The van der Waals surface area contributed by atoms with Crippen molar-refractivity contribution >= 4 is 6.03 Å². The van der Waals surface area contributed by atoms with Crippen LogP contribution in [0, 0.1) is 19.7 Å². The summed E-state index contributed by atoms with van der Waals surface area (Å²) in [5.74, 6) is -0.265. The van der Waals surface area contributed by atoms with Gasteiger partial charge in [0.2, 0.25) is 0 Å². The molecule has 152 valence electrons. The molecule has 29 heavy (non-hydrogen) atoms. The lowest BCUT2D eigenvalue weighted by atomic mass is 9.84. The van der Waals surface area contributed by atoms with E-state index in [4.69, 9.17) is 0 Å². The number of hydrogen-bond acceptors (Lipinski definition) is 2. The average molecular weight is 394 g/mol. The number of rotatable bonds is 6. The van der Waals surface area contributed by atoms with Crippen LogP contribution in [0.25, 0.3) is 5.69 Å². The molecule has 0 aliphatic rings. The first-order valence-electron chi connectivity index (χ1n) is 9.67. The molecule has 0 fully saturated rings. The number of aryl methyl sites for hydroxylation is 1. The molecule has 2 N–H and O–H groups in total. The van der Waals surface area contributed by atoms with Crippen molar-refractivity contribution in [2.45, 2.75) is 39.7 Å². The Morgan fingerprint density at radius 1 is 1.03 bits per heavy atom. The predicted molar refractivity (Wildman–Crippen MR) is 113 cm³/mol. The third-order valence-corrected chi connectivity index (χ3v) is 5.16. The molecule has 5 nitrogen and oxygen atoms in total. The number of aromatic nitrogens is 2. The maximum Gasteiger partial charge on any atom is 0.315 e. The maximum atomic E-state index is 14.1. The molecule has 0 aliphatic carbocycles. The molecule has 0 atom stereocenters. The van der Waals surface area contributed by atoms with Crippen LogP contribution in [0.1, 0.15) is 36.4 Å². The van der Waals surface area contributed by atoms with Crippen LogP contribution in [0.5, 0.6) is 0 Å². The largest absolute Gasteiger partial charge is 0.337 e. The number of urea groups is 1. The van der Waals surface area contributed by atoms with Crippen LogP contribution in [-0.4, -0.2) is 22.4 Å². The van der Waals surface area contributed by atoms with E-state index in [1.807, 2.05) is 62.7 Å². The highest BCUT2D eigenvalue weighted by Crippen LogP contribution is 2.24. The Balaban J connectivity index is 1.62. The Labute approximate surface area is 170 Å². The Morgan fingerprint density at radius 3 is 2.38 bits per heavy atom. The van der Waals surface area contributed by atoms with Crippen molar-refractivity contribution in [2.75, 3.05) is 6.54 Å². The van der Waals surface area contributed by atoms with Crippen LogP contribution in [0.2, 0.25) is 0 Å². The zero-order valence-corrected chi connectivity index (χ0v) is 17.3. The molecule has 3 rings (SSSR count). The summed E-state index contributed by atoms with van der Waals surface area (Å²) in [7, 11) is 0. The van der Waals surface area contributed by atoms with Crippen molar-refractivity contribution in [3.05, 3.63) is 82.9 Å². The Morgan fingerprint density at radius 2 is 1.69 bits per heavy atom. The third kappa shape index (κ3) is 4.65. The molecule has 6 heteroatoms. The summed E-state index contributed by atoms with van der Waals surface area (Å²) in [4.78, 5) is 12.3. The standard InChI is InChI=1S/C23H27FN4O/c1-16-19(17(2)28(27-16)18-10-6-5-7-11-18)14-25-22(29)26-15-23(3,4)20-12-8-9-13-21(20)24/h5-13H,14-15H2,1-4H3,(H2,25,26,29). The van der Waals surface area contributed by atoms with E-state index < -0.39 is 5.41 Å². The lowest BCUT2D eigenvalue weighted by Crippen LogP contribution is -2.42. The molecule has 0 bridgehead atoms. The van der Waals surface area contributed by atoms with Gasteiger partial charge in [-0.1, -0.05) is 50.2 Å². The third-order valence-electron chi connectivity index (χ3n) is 5.16. The number of benzene rings is 2. The van der Waals surface area contributed by atoms with E-state index in [1.165, 1.54) is 6.07 Å². The quantitative estimate of drug-likeness (QED) is 0.651. The lowest BCUT2D eigenvalue weighted by molar-refractivity contribution is 0.237. The molecule has 0 saturated carbocycles. The molecule has 1 aromatic heterocycles. The lowest BCUT2D eigenvalue weighted by Gasteiger charge is -2.26. The van der Waals surface area contributed by atoms with Gasteiger partial charge in [0.1, 0.15) is 5.82 Å². The van der Waals surface area contributed by atoms with Gasteiger partial charge in [0.15, 0.2) is 0 Å². The highest BCUT2D eigenvalue weighted by Gasteiger charge is 2.24. The summed E-state index contributed by atoms with van der Waals surface area (Å²) in [6.45, 7) is 8.43. The minimum absolute atomic E-state index is 0.265. The number of nitrogens with one attached hydrogen (secondary N) is 2. The van der Waals surface area contributed by atoms with E-state index in [9.17, 15) is 9.18 Å². The first-order valence-corrected chi connectivity index (χ1v) is 9.67. The number of hydrogen-bond donors (Lipinski definition) is 2. The van der Waals surface area contributed by atoms with Crippen molar-refractivity contribution in [3.8, 4) is 5.69 Å². The number of amides is 2. The maximum absolute atomic E-state index is 14.1. The van der Waals surface area contributed by atoms with Crippen molar-refractivity contribution < 1.29 is 9.18 Å². The zero-order chi connectivity index (χ0) is 21.0. The van der Waals surface area contributed by atoms with Crippen molar-refractivity contribution in [2.24, 2.45) is 0 Å². The van der Waals surface area contributed by atoms with Gasteiger partial charge in [0, 0.05) is 29.8 Å². The second-order valence-corrected chi connectivity index (χ2v) is 7.80. The highest BCUT2D eigenvalue weighted by molar-refractivity contribution is 5.74. The van der Waals surface area contributed by atoms with Crippen LogP contribution >= 0.6 is 0 Å². The molecular formula is C23H27FN4O. The van der Waals surface area contributed by atoms with E-state index in [2.05, 4.69) is 15.7 Å². The fourth-order valence-electron chi connectivity index (χ4n) is 3.39. The topological polar surface area (TPSA) is 59.0 Å². The van der Waals surface area contributed by atoms with Crippen LogP contribution in [0.4, 0.5) is 9.18 Å². The summed E-state index contributed by atoms with van der Waals surface area (Å²) in [6.07, 6.45) is 0. The molecular weight excluding hydrogens is 367 g/mol. The van der Waals surface area contributed by atoms with Crippen LogP contribution in [0.3, 0.4) is 0 Å². The van der Waals surface area contributed by atoms with E-state index in [1.54, 1.807) is 18.2 Å². The van der Waals surface area contributed by atoms with Gasteiger partial charge in [-0.15, -0.1) is 0 Å². The SMILES string of the molecule is Cc1nn(-c2ccccc2)c(C)c1CNC(=O)NCC(C)(C)c1ccccc1F. The number of nitrogens with zero attached hydrogens (tertiary/aromatic N) is 2. The zero-order valence-electron chi connectivity index (χ0n) is 17.3. The van der Waals surface area contributed by atoms with Crippen molar-refractivity contribution in [1.82, 2.24) is 20.4 Å². The molecule has 0 aliphatic heterocycles. The van der Waals surface area contributed by atoms with Crippen LogP contribution in [-0.2, 0) is 12.0 Å². The Bertz CT molecular complexity index is 995. The number of carbonyl (C=O) groups excluding carboxylic acids is 1. The Hall–Kier alpha value is -3.15. The van der Waals surface area contributed by atoms with Crippen LogP contribution in [0.15, 0.2) is 54.6 Å². The summed E-state index contributed by atoms with van der Waals surface area (Å²) < 4.78 is 16.0. The minimum atomic E-state index is -0.521. The normalized spacial score (nSPS) is 11.3. The molecule has 0 unspecified atom stereocenters. The number of halogens is 1. The van der Waals surface area contributed by atoms with Gasteiger partial charge in [-0.3, -0.25) is 0 Å². The molecule has 2 amide bonds. The number of carbonyl (C=O) groups is 1. The fourth-order valence-corrected chi connectivity index (χ4v) is 3.39. The van der Waals surface area contributed by atoms with Gasteiger partial charge in [-0.2, -0.15) is 5.10 Å². The van der Waals surface area contributed by atoms with Gasteiger partial charge in [-0.25, -0.2) is 13.9 Å². The van der Waals surface area contributed by atoms with Gasteiger partial charge in [0.25, 0.3) is 0 Å². The molecule has 3 aromatic rings. The van der Waals surface area contributed by atoms with Gasteiger partial charge < -0.3 is 10.6 Å².